The van der Waals surface area contributed by atoms with Crippen LogP contribution in [0.1, 0.15) is 6.92 Å². The second-order valence-electron chi connectivity index (χ2n) is 3.53. The van der Waals surface area contributed by atoms with Crippen LogP contribution in [0.15, 0.2) is 24.3 Å². The van der Waals surface area contributed by atoms with Crippen LogP contribution < -0.4 is 21.5 Å². The van der Waals surface area contributed by atoms with Crippen LogP contribution in [0.25, 0.3) is 0 Å². The first-order valence-electron chi connectivity index (χ1n) is 5.04. The summed E-state index contributed by atoms with van der Waals surface area (Å²) in [6.45, 7) is 1.41. The molecule has 1 aromatic carbocycles. The Hall–Kier alpha value is -2.08. The van der Waals surface area contributed by atoms with Crippen molar-refractivity contribution in [3.8, 4) is 5.75 Å². The Morgan fingerprint density at radius 2 is 2.18 bits per heavy atom. The summed E-state index contributed by atoms with van der Waals surface area (Å²) in [5, 5.41) is 2.61. The lowest BCUT2D eigenvalue weighted by Gasteiger charge is -2.11. The lowest BCUT2D eigenvalue weighted by molar-refractivity contribution is -0.119. The van der Waals surface area contributed by atoms with Gasteiger partial charge in [0.25, 0.3) is 0 Å². The molecular weight excluding hydrogens is 222 g/mol. The largest absolute Gasteiger partial charge is 0.491 e. The number of carbonyl (C=O) groups is 2. The van der Waals surface area contributed by atoms with Crippen molar-refractivity contribution < 1.29 is 14.3 Å². The van der Waals surface area contributed by atoms with Crippen molar-refractivity contribution in [3.05, 3.63) is 24.3 Å². The van der Waals surface area contributed by atoms with E-state index in [-0.39, 0.29) is 12.5 Å². The number of nitrogens with one attached hydrogen (secondary N) is 1. The van der Waals surface area contributed by atoms with E-state index < -0.39 is 11.9 Å². The SMILES string of the molecule is CC(=O)Nc1cccc(OCC(N)C(N)=O)c1. The van der Waals surface area contributed by atoms with Crippen LogP contribution in [0.3, 0.4) is 0 Å². The molecule has 0 aliphatic carbocycles. The number of benzene rings is 1. The molecule has 6 nitrogen and oxygen atoms in total. The number of amides is 2. The van der Waals surface area contributed by atoms with E-state index in [2.05, 4.69) is 5.32 Å². The number of nitrogens with two attached hydrogens (primary N) is 2. The molecule has 0 bridgehead atoms. The maximum Gasteiger partial charge on any atom is 0.237 e. The highest BCUT2D eigenvalue weighted by Gasteiger charge is 2.09. The van der Waals surface area contributed by atoms with Gasteiger partial charge in [-0.3, -0.25) is 9.59 Å². The third-order valence-electron chi connectivity index (χ3n) is 1.95. The normalized spacial score (nSPS) is 11.6. The molecule has 0 fully saturated rings. The first-order chi connectivity index (χ1) is 7.99. The van der Waals surface area contributed by atoms with Gasteiger partial charge >= 0.3 is 0 Å². The van der Waals surface area contributed by atoms with Crippen molar-refractivity contribution in [2.45, 2.75) is 13.0 Å². The fourth-order valence-corrected chi connectivity index (χ4v) is 1.14. The molecule has 0 radical (unpaired) electrons. The monoisotopic (exact) mass is 237 g/mol. The summed E-state index contributed by atoms with van der Waals surface area (Å²) in [5.41, 5.74) is 11.0. The van der Waals surface area contributed by atoms with E-state index in [4.69, 9.17) is 16.2 Å². The third-order valence-corrected chi connectivity index (χ3v) is 1.95. The second kappa shape index (κ2) is 5.86. The molecule has 0 heterocycles. The van der Waals surface area contributed by atoms with Crippen LogP contribution in [0.5, 0.6) is 5.75 Å². The maximum atomic E-state index is 10.8. The molecule has 0 aromatic heterocycles. The first-order valence-corrected chi connectivity index (χ1v) is 5.04. The zero-order valence-corrected chi connectivity index (χ0v) is 9.47. The van der Waals surface area contributed by atoms with Crippen molar-refractivity contribution in [2.75, 3.05) is 11.9 Å². The highest BCUT2D eigenvalue weighted by Crippen LogP contribution is 2.17. The average molecular weight is 237 g/mol. The van der Waals surface area contributed by atoms with E-state index >= 15 is 0 Å². The number of primary amides is 1. The molecule has 6 heteroatoms. The van der Waals surface area contributed by atoms with Gasteiger partial charge in [0.05, 0.1) is 0 Å². The Labute approximate surface area is 98.9 Å². The van der Waals surface area contributed by atoms with E-state index in [0.29, 0.717) is 11.4 Å². The van der Waals surface area contributed by atoms with Gasteiger partial charge in [0.1, 0.15) is 18.4 Å². The summed E-state index contributed by atoms with van der Waals surface area (Å²) in [7, 11) is 0. The summed E-state index contributed by atoms with van der Waals surface area (Å²) in [6, 6.07) is 5.92. The van der Waals surface area contributed by atoms with Gasteiger partial charge in [0.15, 0.2) is 0 Å². The number of anilines is 1. The van der Waals surface area contributed by atoms with Gasteiger partial charge < -0.3 is 21.5 Å². The van der Waals surface area contributed by atoms with Gasteiger partial charge in [0, 0.05) is 18.7 Å². The summed E-state index contributed by atoms with van der Waals surface area (Å²) < 4.78 is 5.27. The van der Waals surface area contributed by atoms with E-state index in [0.717, 1.165) is 0 Å². The van der Waals surface area contributed by atoms with Crippen LogP contribution in [-0.4, -0.2) is 24.5 Å². The van der Waals surface area contributed by atoms with Crippen LogP contribution in [-0.2, 0) is 9.59 Å². The molecule has 1 aromatic rings. The van der Waals surface area contributed by atoms with E-state index in [1.165, 1.54) is 6.92 Å². The summed E-state index contributed by atoms with van der Waals surface area (Å²) in [4.78, 5) is 21.5. The molecule has 0 saturated heterocycles. The first kappa shape index (κ1) is 13.0. The highest BCUT2D eigenvalue weighted by atomic mass is 16.5. The van der Waals surface area contributed by atoms with Gasteiger partial charge in [-0.2, -0.15) is 0 Å². The molecule has 0 aliphatic heterocycles. The smallest absolute Gasteiger partial charge is 0.237 e. The van der Waals surface area contributed by atoms with Crippen LogP contribution in [0.2, 0.25) is 0 Å². The summed E-state index contributed by atoms with van der Waals surface area (Å²) in [5.74, 6) is -0.285. The molecule has 92 valence electrons. The zero-order valence-electron chi connectivity index (χ0n) is 9.47. The average Bonchev–Trinajstić information content (AvgIpc) is 2.25. The standard InChI is InChI=1S/C11H15N3O3/c1-7(15)14-8-3-2-4-9(5-8)17-6-10(12)11(13)16/h2-5,10H,6,12H2,1H3,(H2,13,16)(H,14,15). The van der Waals surface area contributed by atoms with Crippen molar-refractivity contribution in [1.82, 2.24) is 0 Å². The number of hydrogen-bond acceptors (Lipinski definition) is 4. The predicted octanol–water partition coefficient (Wildman–Crippen LogP) is -0.164. The van der Waals surface area contributed by atoms with Crippen LogP contribution >= 0.6 is 0 Å². The quantitative estimate of drug-likeness (QED) is 0.661. The lowest BCUT2D eigenvalue weighted by atomic mass is 10.3. The van der Waals surface area contributed by atoms with Gasteiger partial charge in [-0.15, -0.1) is 0 Å². The fraction of sp³-hybridized carbons (Fsp3) is 0.273. The van der Waals surface area contributed by atoms with Crippen molar-refractivity contribution >= 4 is 17.5 Å². The van der Waals surface area contributed by atoms with Gasteiger partial charge in [-0.05, 0) is 12.1 Å². The Bertz CT molecular complexity index is 420. The lowest BCUT2D eigenvalue weighted by Crippen LogP contribution is -2.41. The van der Waals surface area contributed by atoms with Crippen molar-refractivity contribution in [1.29, 1.82) is 0 Å². The zero-order chi connectivity index (χ0) is 12.8. The Morgan fingerprint density at radius 1 is 1.47 bits per heavy atom. The van der Waals surface area contributed by atoms with Crippen LogP contribution in [0.4, 0.5) is 5.69 Å². The van der Waals surface area contributed by atoms with Crippen molar-refractivity contribution in [3.63, 3.8) is 0 Å². The minimum Gasteiger partial charge on any atom is -0.491 e. The molecule has 1 unspecified atom stereocenters. The van der Waals surface area contributed by atoms with Gasteiger partial charge in [-0.25, -0.2) is 0 Å². The van der Waals surface area contributed by atoms with E-state index in [1.54, 1.807) is 24.3 Å². The van der Waals surface area contributed by atoms with Gasteiger partial charge in [0.2, 0.25) is 11.8 Å². The minimum atomic E-state index is -0.848. The van der Waals surface area contributed by atoms with Crippen LogP contribution in [0, 0.1) is 0 Å². The number of ether oxygens (including phenoxy) is 1. The van der Waals surface area contributed by atoms with E-state index in [9.17, 15) is 9.59 Å². The number of hydrogen-bond donors (Lipinski definition) is 3. The molecule has 5 N–H and O–H groups in total. The predicted molar refractivity (Wildman–Crippen MR) is 63.4 cm³/mol. The molecule has 0 aliphatic rings. The maximum absolute atomic E-state index is 10.8. The second-order valence-corrected chi connectivity index (χ2v) is 3.53. The van der Waals surface area contributed by atoms with Gasteiger partial charge in [-0.1, -0.05) is 6.07 Å². The molecular formula is C11H15N3O3. The van der Waals surface area contributed by atoms with E-state index in [1.807, 2.05) is 0 Å². The molecule has 1 rings (SSSR count). The summed E-state index contributed by atoms with van der Waals surface area (Å²) >= 11 is 0. The minimum absolute atomic E-state index is 0.00113. The Balaban J connectivity index is 2.59. The third kappa shape index (κ3) is 4.52. The molecule has 17 heavy (non-hydrogen) atoms. The Morgan fingerprint density at radius 3 is 2.76 bits per heavy atom. The molecule has 0 saturated carbocycles. The number of carbonyl (C=O) groups excluding carboxylic acids is 2. The molecule has 0 spiro atoms. The summed E-state index contributed by atoms with van der Waals surface area (Å²) in [6.07, 6.45) is 0. The fourth-order valence-electron chi connectivity index (χ4n) is 1.14. The Kier molecular flexibility index (Phi) is 4.47. The van der Waals surface area contributed by atoms with Crippen molar-refractivity contribution in [2.24, 2.45) is 11.5 Å². The molecule has 1 atom stereocenters. The highest BCUT2D eigenvalue weighted by molar-refractivity contribution is 5.88. The number of rotatable bonds is 5. The topological polar surface area (TPSA) is 107 Å². The molecule has 2 amide bonds.